The summed E-state index contributed by atoms with van der Waals surface area (Å²) in [5.74, 6) is 0.819. The topological polar surface area (TPSA) is 116 Å². The number of sulfonamides is 1. The Labute approximate surface area is 160 Å². The zero-order valence-electron chi connectivity index (χ0n) is 14.3. The van der Waals surface area contributed by atoms with Crippen molar-refractivity contribution in [3.8, 4) is 0 Å². The van der Waals surface area contributed by atoms with E-state index >= 15 is 0 Å². The van der Waals surface area contributed by atoms with Crippen molar-refractivity contribution in [3.05, 3.63) is 34.9 Å². The van der Waals surface area contributed by atoms with Gasteiger partial charge in [-0.3, -0.25) is 0 Å². The average Bonchev–Trinajstić information content (AvgIpc) is 2.56. The fourth-order valence-corrected chi connectivity index (χ4v) is 3.99. The van der Waals surface area contributed by atoms with E-state index in [1.54, 1.807) is 32.2 Å². The first-order valence-corrected chi connectivity index (χ1v) is 10.3. The standard InChI is InChI=1S/C16H20BrN5O3S/c1-16(2,23)13-6-7-19-26(24,25)11-5-3-4-10(8-11)20-15-18-9-12(17)14(21-13)22-15/h3-5,8-9,13,19,23H,6-7H2,1-2H3,(H2,18,20,21,22). The third kappa shape index (κ3) is 4.32. The van der Waals surface area contributed by atoms with Gasteiger partial charge in [-0.25, -0.2) is 18.1 Å². The average molecular weight is 442 g/mol. The lowest BCUT2D eigenvalue weighted by molar-refractivity contribution is 0.0566. The van der Waals surface area contributed by atoms with E-state index in [2.05, 4.69) is 41.3 Å². The number of anilines is 3. The molecule has 140 valence electrons. The van der Waals surface area contributed by atoms with E-state index in [-0.39, 0.29) is 11.4 Å². The number of hydrogen-bond donors (Lipinski definition) is 4. The van der Waals surface area contributed by atoms with Crippen LogP contribution in [0.2, 0.25) is 0 Å². The molecule has 1 atom stereocenters. The summed E-state index contributed by atoms with van der Waals surface area (Å²) in [4.78, 5) is 8.77. The number of hydrogen-bond acceptors (Lipinski definition) is 7. The van der Waals surface area contributed by atoms with Crippen LogP contribution in [0.5, 0.6) is 0 Å². The maximum atomic E-state index is 12.5. The van der Waals surface area contributed by atoms with Gasteiger partial charge in [-0.1, -0.05) is 6.07 Å². The Kier molecular flexibility index (Phi) is 5.20. The Morgan fingerprint density at radius 1 is 1.35 bits per heavy atom. The van der Waals surface area contributed by atoms with Gasteiger partial charge in [0.25, 0.3) is 0 Å². The molecule has 26 heavy (non-hydrogen) atoms. The second-order valence-corrected chi connectivity index (χ2v) is 9.20. The largest absolute Gasteiger partial charge is 0.388 e. The van der Waals surface area contributed by atoms with E-state index in [1.807, 2.05) is 0 Å². The van der Waals surface area contributed by atoms with E-state index in [9.17, 15) is 13.5 Å². The molecule has 4 N–H and O–H groups in total. The molecule has 1 unspecified atom stereocenters. The van der Waals surface area contributed by atoms with E-state index in [4.69, 9.17) is 0 Å². The van der Waals surface area contributed by atoms with Crippen LogP contribution in [0.4, 0.5) is 17.5 Å². The number of rotatable bonds is 1. The number of nitrogens with one attached hydrogen (secondary N) is 3. The number of benzene rings is 1. The minimum Gasteiger partial charge on any atom is -0.388 e. The van der Waals surface area contributed by atoms with Gasteiger partial charge >= 0.3 is 0 Å². The van der Waals surface area contributed by atoms with E-state index in [0.29, 0.717) is 28.3 Å². The van der Waals surface area contributed by atoms with Gasteiger partial charge in [0.2, 0.25) is 16.0 Å². The molecule has 0 saturated heterocycles. The van der Waals surface area contributed by atoms with Gasteiger partial charge in [0, 0.05) is 18.4 Å². The number of halogens is 1. The molecule has 2 aromatic rings. The molecular formula is C16H20BrN5O3S. The summed E-state index contributed by atoms with van der Waals surface area (Å²) in [5, 5.41) is 16.6. The lowest BCUT2D eigenvalue weighted by Crippen LogP contribution is -2.44. The highest BCUT2D eigenvalue weighted by molar-refractivity contribution is 9.10. The predicted molar refractivity (Wildman–Crippen MR) is 103 cm³/mol. The summed E-state index contributed by atoms with van der Waals surface area (Å²) in [7, 11) is -3.66. The first-order chi connectivity index (χ1) is 12.1. The zero-order chi connectivity index (χ0) is 18.9. The molecule has 1 aromatic heterocycles. The zero-order valence-corrected chi connectivity index (χ0v) is 16.7. The molecule has 0 aliphatic carbocycles. The molecule has 10 heteroatoms. The molecule has 0 saturated carbocycles. The Hall–Kier alpha value is -1.75. The monoisotopic (exact) mass is 441 g/mol. The lowest BCUT2D eigenvalue weighted by Gasteiger charge is -2.31. The second kappa shape index (κ2) is 7.10. The van der Waals surface area contributed by atoms with Crippen molar-refractivity contribution in [1.29, 1.82) is 0 Å². The Morgan fingerprint density at radius 3 is 2.85 bits per heavy atom. The summed E-state index contributed by atoms with van der Waals surface area (Å²) < 4.78 is 28.2. The van der Waals surface area contributed by atoms with Gasteiger partial charge in [-0.05, 0) is 54.4 Å². The third-order valence-electron chi connectivity index (χ3n) is 4.03. The van der Waals surface area contributed by atoms with Crippen molar-refractivity contribution in [2.24, 2.45) is 0 Å². The third-order valence-corrected chi connectivity index (χ3v) is 6.07. The van der Waals surface area contributed by atoms with Crippen molar-refractivity contribution in [2.45, 2.75) is 36.8 Å². The van der Waals surface area contributed by atoms with E-state index in [1.165, 1.54) is 12.1 Å². The normalized spacial score (nSPS) is 19.9. The molecule has 1 aromatic carbocycles. The predicted octanol–water partition coefficient (Wildman–Crippen LogP) is 2.22. The molecule has 3 rings (SSSR count). The highest BCUT2D eigenvalue weighted by atomic mass is 79.9. The van der Waals surface area contributed by atoms with Gasteiger partial charge in [-0.15, -0.1) is 0 Å². The summed E-state index contributed by atoms with van der Waals surface area (Å²) >= 11 is 3.40. The highest BCUT2D eigenvalue weighted by Gasteiger charge is 2.28. The maximum absolute atomic E-state index is 12.5. The van der Waals surface area contributed by atoms with Crippen LogP contribution >= 0.6 is 15.9 Å². The Balaban J connectivity index is 2.06. The van der Waals surface area contributed by atoms with Crippen LogP contribution in [0.25, 0.3) is 0 Å². The van der Waals surface area contributed by atoms with Crippen molar-refractivity contribution >= 4 is 43.4 Å². The second-order valence-electron chi connectivity index (χ2n) is 6.58. The van der Waals surface area contributed by atoms with Crippen LogP contribution in [-0.2, 0) is 10.0 Å². The molecule has 0 spiro atoms. The maximum Gasteiger partial charge on any atom is 0.240 e. The molecule has 0 amide bonds. The smallest absolute Gasteiger partial charge is 0.240 e. The van der Waals surface area contributed by atoms with Gasteiger partial charge in [0.1, 0.15) is 5.82 Å². The summed E-state index contributed by atoms with van der Waals surface area (Å²) in [6.07, 6.45) is 1.96. The van der Waals surface area contributed by atoms with Gasteiger partial charge in [0.15, 0.2) is 0 Å². The Morgan fingerprint density at radius 2 is 2.12 bits per heavy atom. The Bertz CT molecular complexity index is 914. The quantitative estimate of drug-likeness (QED) is 0.535. The van der Waals surface area contributed by atoms with Gasteiger partial charge in [0.05, 0.1) is 21.0 Å². The molecular weight excluding hydrogens is 422 g/mol. The van der Waals surface area contributed by atoms with Crippen LogP contribution in [0.3, 0.4) is 0 Å². The van der Waals surface area contributed by atoms with Crippen molar-refractivity contribution in [3.63, 3.8) is 0 Å². The summed E-state index contributed by atoms with van der Waals surface area (Å²) in [5.41, 5.74) is -0.541. The van der Waals surface area contributed by atoms with Crippen LogP contribution in [0.15, 0.2) is 39.8 Å². The molecule has 1 aliphatic heterocycles. The first kappa shape index (κ1) is 19.0. The van der Waals surface area contributed by atoms with E-state index in [0.717, 1.165) is 0 Å². The van der Waals surface area contributed by atoms with Gasteiger partial charge < -0.3 is 15.7 Å². The van der Waals surface area contributed by atoms with Crippen LogP contribution in [-0.4, -0.2) is 41.7 Å². The number of fused-ring (bicyclic) bond motifs is 4. The summed E-state index contributed by atoms with van der Waals surface area (Å²) in [6, 6.07) is 5.98. The van der Waals surface area contributed by atoms with Crippen LogP contribution in [0.1, 0.15) is 20.3 Å². The molecule has 4 bridgehead atoms. The number of aliphatic hydroxyl groups is 1. The number of aromatic nitrogens is 2. The molecule has 0 fully saturated rings. The van der Waals surface area contributed by atoms with Gasteiger partial charge in [-0.2, -0.15) is 4.98 Å². The van der Waals surface area contributed by atoms with Crippen molar-refractivity contribution in [2.75, 3.05) is 17.2 Å². The highest BCUT2D eigenvalue weighted by Crippen LogP contribution is 2.26. The molecule has 8 nitrogen and oxygen atoms in total. The van der Waals surface area contributed by atoms with Crippen LogP contribution in [0, 0.1) is 0 Å². The van der Waals surface area contributed by atoms with Crippen LogP contribution < -0.4 is 15.4 Å². The fraction of sp³-hybridized carbons (Fsp3) is 0.375. The van der Waals surface area contributed by atoms with E-state index < -0.39 is 21.7 Å². The first-order valence-electron chi connectivity index (χ1n) is 8.03. The minimum absolute atomic E-state index is 0.145. The number of nitrogens with zero attached hydrogens (tertiary/aromatic N) is 2. The summed E-state index contributed by atoms with van der Waals surface area (Å²) in [6.45, 7) is 3.49. The van der Waals surface area contributed by atoms with Crippen molar-refractivity contribution in [1.82, 2.24) is 14.7 Å². The lowest BCUT2D eigenvalue weighted by atomic mass is 9.96. The molecule has 2 heterocycles. The SMILES string of the molecule is CC(C)(O)C1CCNS(=O)(=O)c2cccc(c2)Nc2ncc(Br)c(n2)N1. The molecule has 0 radical (unpaired) electrons. The van der Waals surface area contributed by atoms with Crippen molar-refractivity contribution < 1.29 is 13.5 Å². The minimum atomic E-state index is -3.66. The fourth-order valence-electron chi connectivity index (χ4n) is 2.59. The molecule has 1 aliphatic rings.